The first-order valence-electron chi connectivity index (χ1n) is 5.60. The van der Waals surface area contributed by atoms with Gasteiger partial charge in [-0.05, 0) is 71.6 Å². The topological polar surface area (TPSA) is 12.0 Å². The number of halogens is 1. The van der Waals surface area contributed by atoms with Gasteiger partial charge in [-0.1, -0.05) is 23.8 Å². The van der Waals surface area contributed by atoms with E-state index in [2.05, 4.69) is 71.4 Å². The molecule has 1 nitrogen and oxygen atoms in total. The van der Waals surface area contributed by atoms with Gasteiger partial charge in [0.15, 0.2) is 0 Å². The summed E-state index contributed by atoms with van der Waals surface area (Å²) in [6.45, 7) is 4.32. The lowest BCUT2D eigenvalue weighted by molar-refractivity contribution is 0.689. The largest absolute Gasteiger partial charge is 0.309 e. The van der Waals surface area contributed by atoms with Gasteiger partial charge in [0, 0.05) is 0 Å². The Bertz CT molecular complexity index is 519. The Kier molecular flexibility index (Phi) is 4.22. The SMILES string of the molecule is CNC(c1csc(I)c1)c1ccc(C)cc1C. The number of benzene rings is 1. The van der Waals surface area contributed by atoms with Gasteiger partial charge in [-0.15, -0.1) is 11.3 Å². The minimum atomic E-state index is 0.301. The van der Waals surface area contributed by atoms with E-state index < -0.39 is 0 Å². The summed E-state index contributed by atoms with van der Waals surface area (Å²) in [5, 5.41) is 5.65. The number of thiophene rings is 1. The van der Waals surface area contributed by atoms with Crippen LogP contribution in [0.2, 0.25) is 0 Å². The lowest BCUT2D eigenvalue weighted by Gasteiger charge is -2.18. The maximum Gasteiger partial charge on any atom is 0.0656 e. The Balaban J connectivity index is 2.42. The van der Waals surface area contributed by atoms with Gasteiger partial charge in [-0.3, -0.25) is 0 Å². The molecule has 0 aliphatic carbocycles. The van der Waals surface area contributed by atoms with Gasteiger partial charge in [-0.2, -0.15) is 0 Å². The van der Waals surface area contributed by atoms with E-state index in [9.17, 15) is 0 Å². The maximum atomic E-state index is 3.41. The van der Waals surface area contributed by atoms with Crippen LogP contribution in [0.3, 0.4) is 0 Å². The summed E-state index contributed by atoms with van der Waals surface area (Å²) in [4.78, 5) is 0. The van der Waals surface area contributed by atoms with Crippen molar-refractivity contribution in [2.45, 2.75) is 19.9 Å². The monoisotopic (exact) mass is 357 g/mol. The highest BCUT2D eigenvalue weighted by Gasteiger charge is 2.15. The summed E-state index contributed by atoms with van der Waals surface area (Å²) in [6.07, 6.45) is 0. The van der Waals surface area contributed by atoms with Crippen molar-refractivity contribution in [1.82, 2.24) is 5.32 Å². The van der Waals surface area contributed by atoms with Crippen molar-refractivity contribution in [1.29, 1.82) is 0 Å². The van der Waals surface area contributed by atoms with Crippen LogP contribution in [-0.2, 0) is 0 Å². The quantitative estimate of drug-likeness (QED) is 0.809. The predicted molar refractivity (Wildman–Crippen MR) is 83.9 cm³/mol. The molecule has 3 heteroatoms. The highest BCUT2D eigenvalue weighted by Crippen LogP contribution is 2.29. The Labute approximate surface area is 120 Å². The zero-order valence-electron chi connectivity index (χ0n) is 10.3. The average Bonchev–Trinajstić information content (AvgIpc) is 2.69. The number of rotatable bonds is 3. The second-order valence-electron chi connectivity index (χ2n) is 4.27. The molecule has 90 valence electrons. The van der Waals surface area contributed by atoms with E-state index in [1.165, 1.54) is 25.1 Å². The van der Waals surface area contributed by atoms with Crippen molar-refractivity contribution in [3.05, 3.63) is 54.8 Å². The second-order valence-corrected chi connectivity index (χ2v) is 7.07. The molecule has 0 saturated heterocycles. The first-order valence-corrected chi connectivity index (χ1v) is 7.56. The number of hydrogen-bond acceptors (Lipinski definition) is 2. The lowest BCUT2D eigenvalue weighted by atomic mass is 9.96. The molecule has 1 aromatic heterocycles. The maximum absolute atomic E-state index is 3.41. The molecule has 0 bridgehead atoms. The number of hydrogen-bond donors (Lipinski definition) is 1. The van der Waals surface area contributed by atoms with Gasteiger partial charge < -0.3 is 5.32 Å². The molecule has 2 rings (SSSR count). The molecule has 0 amide bonds. The molecule has 1 atom stereocenters. The summed E-state index contributed by atoms with van der Waals surface area (Å²) in [5.74, 6) is 0. The Morgan fingerprint density at radius 1 is 1.24 bits per heavy atom. The van der Waals surface area contributed by atoms with Gasteiger partial charge in [-0.25, -0.2) is 0 Å². The number of aryl methyl sites for hydroxylation is 2. The van der Waals surface area contributed by atoms with E-state index in [1.54, 1.807) is 11.3 Å². The Hall–Kier alpha value is -0.390. The van der Waals surface area contributed by atoms with Crippen molar-refractivity contribution in [2.75, 3.05) is 7.05 Å². The normalized spacial score (nSPS) is 12.7. The summed E-state index contributed by atoms with van der Waals surface area (Å²) in [7, 11) is 2.02. The van der Waals surface area contributed by atoms with Crippen LogP contribution in [0.4, 0.5) is 0 Å². The van der Waals surface area contributed by atoms with Crippen LogP contribution in [0.5, 0.6) is 0 Å². The standard InChI is InChI=1S/C14H16INS/c1-9-4-5-12(10(2)6-9)14(16-3)11-7-13(15)17-8-11/h4-8,14,16H,1-3H3. The molecule has 0 fully saturated rings. The van der Waals surface area contributed by atoms with Crippen LogP contribution < -0.4 is 5.32 Å². The van der Waals surface area contributed by atoms with Crippen molar-refractivity contribution in [3.63, 3.8) is 0 Å². The average molecular weight is 357 g/mol. The Morgan fingerprint density at radius 3 is 2.53 bits per heavy atom. The van der Waals surface area contributed by atoms with Crippen LogP contribution in [0.1, 0.15) is 28.3 Å². The van der Waals surface area contributed by atoms with Crippen LogP contribution in [0.25, 0.3) is 0 Å². The zero-order chi connectivity index (χ0) is 12.4. The molecule has 2 aromatic rings. The minimum absolute atomic E-state index is 0.301. The second kappa shape index (κ2) is 5.50. The lowest BCUT2D eigenvalue weighted by Crippen LogP contribution is -2.18. The summed E-state index contributed by atoms with van der Waals surface area (Å²) in [6, 6.07) is 9.22. The van der Waals surface area contributed by atoms with Gasteiger partial charge in [0.1, 0.15) is 0 Å². The van der Waals surface area contributed by atoms with Crippen LogP contribution in [0.15, 0.2) is 29.6 Å². The highest BCUT2D eigenvalue weighted by molar-refractivity contribution is 14.1. The fraction of sp³-hybridized carbons (Fsp3) is 0.286. The molecule has 0 aliphatic heterocycles. The summed E-state index contributed by atoms with van der Waals surface area (Å²) >= 11 is 4.17. The number of nitrogens with one attached hydrogen (secondary N) is 1. The van der Waals surface area contributed by atoms with Gasteiger partial charge in [0.25, 0.3) is 0 Å². The van der Waals surface area contributed by atoms with Crippen molar-refractivity contribution >= 4 is 33.9 Å². The van der Waals surface area contributed by atoms with E-state index in [4.69, 9.17) is 0 Å². The van der Waals surface area contributed by atoms with E-state index in [0.29, 0.717) is 6.04 Å². The molecule has 17 heavy (non-hydrogen) atoms. The third-order valence-electron chi connectivity index (χ3n) is 2.95. The molecule has 1 aromatic carbocycles. The molecule has 0 radical (unpaired) electrons. The first-order chi connectivity index (χ1) is 8.11. The molecule has 1 unspecified atom stereocenters. The van der Waals surface area contributed by atoms with Gasteiger partial charge >= 0.3 is 0 Å². The van der Waals surface area contributed by atoms with E-state index in [-0.39, 0.29) is 0 Å². The summed E-state index contributed by atoms with van der Waals surface area (Å²) < 4.78 is 1.34. The van der Waals surface area contributed by atoms with Crippen LogP contribution >= 0.6 is 33.9 Å². The van der Waals surface area contributed by atoms with Crippen molar-refractivity contribution < 1.29 is 0 Å². The first kappa shape index (κ1) is 13.1. The zero-order valence-corrected chi connectivity index (χ0v) is 13.2. The van der Waals surface area contributed by atoms with Crippen LogP contribution in [0, 0.1) is 16.7 Å². The molecule has 1 N–H and O–H groups in total. The molecule has 0 aliphatic rings. The third-order valence-corrected chi connectivity index (χ3v) is 4.75. The predicted octanol–water partition coefficient (Wildman–Crippen LogP) is 4.28. The smallest absolute Gasteiger partial charge is 0.0656 e. The van der Waals surface area contributed by atoms with Crippen LogP contribution in [-0.4, -0.2) is 7.05 Å². The molecule has 1 heterocycles. The van der Waals surface area contributed by atoms with Gasteiger partial charge in [0.05, 0.1) is 8.93 Å². The summed E-state index contributed by atoms with van der Waals surface area (Å²) in [5.41, 5.74) is 5.40. The van der Waals surface area contributed by atoms with Crippen molar-refractivity contribution in [3.8, 4) is 0 Å². The third kappa shape index (κ3) is 2.89. The minimum Gasteiger partial charge on any atom is -0.309 e. The van der Waals surface area contributed by atoms with E-state index in [0.717, 1.165) is 0 Å². The fourth-order valence-electron chi connectivity index (χ4n) is 2.13. The van der Waals surface area contributed by atoms with E-state index >= 15 is 0 Å². The molecular weight excluding hydrogens is 341 g/mol. The Morgan fingerprint density at radius 2 is 2.00 bits per heavy atom. The fourth-order valence-corrected chi connectivity index (χ4v) is 3.52. The van der Waals surface area contributed by atoms with Gasteiger partial charge in [0.2, 0.25) is 0 Å². The van der Waals surface area contributed by atoms with Crippen molar-refractivity contribution in [2.24, 2.45) is 0 Å². The molecular formula is C14H16INS. The molecule has 0 saturated carbocycles. The highest BCUT2D eigenvalue weighted by atomic mass is 127. The van der Waals surface area contributed by atoms with E-state index in [1.807, 2.05) is 7.05 Å². The molecule has 0 spiro atoms.